The highest BCUT2D eigenvalue weighted by atomic mass is 35.5. The van der Waals surface area contributed by atoms with Gasteiger partial charge in [0.2, 0.25) is 0 Å². The molecule has 1 heterocycles. The molecule has 0 bridgehead atoms. The van der Waals surface area contributed by atoms with Crippen molar-refractivity contribution in [2.24, 2.45) is 0 Å². The number of ether oxygens (including phenoxy) is 1. The Hall–Kier alpha value is 0.01000. The first-order chi connectivity index (χ1) is 8.67. The molecule has 0 amide bonds. The molecule has 0 atom stereocenters. The van der Waals surface area contributed by atoms with Crippen molar-refractivity contribution < 1.29 is 4.74 Å². The van der Waals surface area contributed by atoms with Crippen molar-refractivity contribution in [3.8, 4) is 0 Å². The highest BCUT2D eigenvalue weighted by Gasteiger charge is 2.31. The minimum Gasteiger partial charge on any atom is -0.381 e. The van der Waals surface area contributed by atoms with Crippen molar-refractivity contribution in [1.82, 2.24) is 5.32 Å². The van der Waals surface area contributed by atoms with Crippen LogP contribution in [0.2, 0.25) is 10.0 Å². The molecule has 0 unspecified atom stereocenters. The van der Waals surface area contributed by atoms with E-state index in [4.69, 9.17) is 39.5 Å². The summed E-state index contributed by atoms with van der Waals surface area (Å²) < 4.78 is 5.38. The SMILES string of the molecule is ClCC1(NCc2cccc(Cl)c2Cl)CCOCC1. The van der Waals surface area contributed by atoms with Crippen molar-refractivity contribution in [2.45, 2.75) is 24.9 Å². The van der Waals surface area contributed by atoms with Gasteiger partial charge in [-0.05, 0) is 24.5 Å². The van der Waals surface area contributed by atoms with Gasteiger partial charge in [-0.25, -0.2) is 0 Å². The summed E-state index contributed by atoms with van der Waals surface area (Å²) in [5, 5.41) is 4.71. The number of alkyl halides is 1. The van der Waals surface area contributed by atoms with Crippen molar-refractivity contribution in [3.63, 3.8) is 0 Å². The number of rotatable bonds is 4. The van der Waals surface area contributed by atoms with Gasteiger partial charge in [0.15, 0.2) is 0 Å². The van der Waals surface area contributed by atoms with Crippen LogP contribution in [0, 0.1) is 0 Å². The molecule has 2 rings (SSSR count). The first-order valence-electron chi connectivity index (χ1n) is 5.98. The van der Waals surface area contributed by atoms with Gasteiger partial charge in [-0.1, -0.05) is 35.3 Å². The third kappa shape index (κ3) is 3.31. The molecule has 0 spiro atoms. The lowest BCUT2D eigenvalue weighted by Gasteiger charge is -2.36. The zero-order valence-electron chi connectivity index (χ0n) is 10.0. The second kappa shape index (κ2) is 6.44. The first kappa shape index (κ1) is 14.4. The van der Waals surface area contributed by atoms with Crippen LogP contribution < -0.4 is 5.32 Å². The van der Waals surface area contributed by atoms with Crippen LogP contribution >= 0.6 is 34.8 Å². The summed E-state index contributed by atoms with van der Waals surface area (Å²) in [5.41, 5.74) is 0.950. The number of hydrogen-bond acceptors (Lipinski definition) is 2. The molecule has 1 aliphatic heterocycles. The molecule has 0 aromatic heterocycles. The molecule has 5 heteroatoms. The van der Waals surface area contributed by atoms with Gasteiger partial charge >= 0.3 is 0 Å². The smallest absolute Gasteiger partial charge is 0.0637 e. The summed E-state index contributed by atoms with van der Waals surface area (Å²) in [6.07, 6.45) is 1.85. The van der Waals surface area contributed by atoms with Crippen molar-refractivity contribution in [3.05, 3.63) is 33.8 Å². The Morgan fingerprint density at radius 1 is 1.22 bits per heavy atom. The maximum Gasteiger partial charge on any atom is 0.0637 e. The van der Waals surface area contributed by atoms with E-state index in [9.17, 15) is 0 Å². The van der Waals surface area contributed by atoms with Gasteiger partial charge < -0.3 is 10.1 Å². The van der Waals surface area contributed by atoms with E-state index in [0.29, 0.717) is 22.5 Å². The highest BCUT2D eigenvalue weighted by molar-refractivity contribution is 6.42. The van der Waals surface area contributed by atoms with Gasteiger partial charge in [0.1, 0.15) is 0 Å². The Balaban J connectivity index is 2.03. The topological polar surface area (TPSA) is 21.3 Å². The molecule has 1 saturated heterocycles. The molecule has 1 aromatic rings. The van der Waals surface area contributed by atoms with E-state index < -0.39 is 0 Å². The van der Waals surface area contributed by atoms with E-state index in [0.717, 1.165) is 31.6 Å². The Bertz CT molecular complexity index is 405. The van der Waals surface area contributed by atoms with Crippen molar-refractivity contribution in [2.75, 3.05) is 19.1 Å². The average molecular weight is 309 g/mol. The molecule has 0 radical (unpaired) electrons. The molecule has 100 valence electrons. The molecular weight excluding hydrogens is 293 g/mol. The van der Waals surface area contributed by atoms with E-state index in [-0.39, 0.29) is 5.54 Å². The molecule has 1 N–H and O–H groups in total. The van der Waals surface area contributed by atoms with Crippen LogP contribution in [0.25, 0.3) is 0 Å². The average Bonchev–Trinajstić information content (AvgIpc) is 2.41. The summed E-state index contributed by atoms with van der Waals surface area (Å²) in [6, 6.07) is 5.67. The van der Waals surface area contributed by atoms with Gasteiger partial charge in [0.25, 0.3) is 0 Å². The van der Waals surface area contributed by atoms with Crippen LogP contribution in [0.1, 0.15) is 18.4 Å². The van der Waals surface area contributed by atoms with E-state index in [2.05, 4.69) is 5.32 Å². The summed E-state index contributed by atoms with van der Waals surface area (Å²) >= 11 is 18.3. The summed E-state index contributed by atoms with van der Waals surface area (Å²) in [4.78, 5) is 0. The second-order valence-electron chi connectivity index (χ2n) is 4.59. The minimum atomic E-state index is -0.0501. The molecule has 0 saturated carbocycles. The largest absolute Gasteiger partial charge is 0.381 e. The van der Waals surface area contributed by atoms with Crippen LogP contribution in [0.5, 0.6) is 0 Å². The molecule has 1 aliphatic rings. The van der Waals surface area contributed by atoms with E-state index in [1.54, 1.807) is 6.07 Å². The van der Waals surface area contributed by atoms with E-state index in [1.807, 2.05) is 12.1 Å². The summed E-state index contributed by atoms with van der Waals surface area (Å²) in [7, 11) is 0. The number of halogens is 3. The Kier molecular flexibility index (Phi) is 5.16. The fraction of sp³-hybridized carbons (Fsp3) is 0.538. The van der Waals surface area contributed by atoms with Crippen molar-refractivity contribution in [1.29, 1.82) is 0 Å². The van der Waals surface area contributed by atoms with E-state index >= 15 is 0 Å². The number of hydrogen-bond donors (Lipinski definition) is 1. The van der Waals surface area contributed by atoms with Crippen LogP contribution in [-0.2, 0) is 11.3 Å². The van der Waals surface area contributed by atoms with Gasteiger partial charge in [-0.15, -0.1) is 11.6 Å². The fourth-order valence-electron chi connectivity index (χ4n) is 2.09. The van der Waals surface area contributed by atoms with Crippen molar-refractivity contribution >= 4 is 34.8 Å². The molecular formula is C13H16Cl3NO. The third-order valence-corrected chi connectivity index (χ3v) is 4.76. The maximum atomic E-state index is 6.17. The van der Waals surface area contributed by atoms with Crippen LogP contribution in [-0.4, -0.2) is 24.6 Å². The lowest BCUT2D eigenvalue weighted by Crippen LogP contribution is -2.50. The standard InChI is InChI=1S/C13H16Cl3NO/c14-9-13(4-6-18-7-5-13)17-8-10-2-1-3-11(15)12(10)16/h1-3,17H,4-9H2. The first-order valence-corrected chi connectivity index (χ1v) is 7.27. The van der Waals surface area contributed by atoms with Gasteiger partial charge in [0.05, 0.1) is 10.0 Å². The monoisotopic (exact) mass is 307 g/mol. The third-order valence-electron chi connectivity index (χ3n) is 3.39. The second-order valence-corrected chi connectivity index (χ2v) is 5.65. The quantitative estimate of drug-likeness (QED) is 0.853. The predicted octanol–water partition coefficient (Wildman–Crippen LogP) is 3.87. The minimum absolute atomic E-state index is 0.0501. The van der Waals surface area contributed by atoms with Crippen LogP contribution in [0.4, 0.5) is 0 Å². The van der Waals surface area contributed by atoms with Gasteiger partial charge in [0, 0.05) is 31.2 Å². The Labute approximate surface area is 123 Å². The number of nitrogens with one attached hydrogen (secondary N) is 1. The Morgan fingerprint density at radius 2 is 1.94 bits per heavy atom. The summed E-state index contributed by atoms with van der Waals surface area (Å²) in [6.45, 7) is 2.18. The Morgan fingerprint density at radius 3 is 2.61 bits per heavy atom. The normalized spacial score (nSPS) is 18.8. The maximum absolute atomic E-state index is 6.17. The van der Waals surface area contributed by atoms with Crippen LogP contribution in [0.3, 0.4) is 0 Å². The lowest BCUT2D eigenvalue weighted by atomic mass is 9.92. The lowest BCUT2D eigenvalue weighted by molar-refractivity contribution is 0.0459. The summed E-state index contributed by atoms with van der Waals surface area (Å²) in [5.74, 6) is 0.578. The highest BCUT2D eigenvalue weighted by Crippen LogP contribution is 2.27. The molecule has 0 aliphatic carbocycles. The predicted molar refractivity (Wildman–Crippen MR) is 76.8 cm³/mol. The molecule has 2 nitrogen and oxygen atoms in total. The van der Waals surface area contributed by atoms with E-state index in [1.165, 1.54) is 0 Å². The van der Waals surface area contributed by atoms with Gasteiger partial charge in [-0.2, -0.15) is 0 Å². The zero-order valence-corrected chi connectivity index (χ0v) is 12.3. The zero-order chi connectivity index (χ0) is 13.0. The van der Waals surface area contributed by atoms with Crippen LogP contribution in [0.15, 0.2) is 18.2 Å². The number of benzene rings is 1. The molecule has 1 fully saturated rings. The molecule has 18 heavy (non-hydrogen) atoms. The fourth-order valence-corrected chi connectivity index (χ4v) is 2.84. The molecule has 1 aromatic carbocycles. The van der Waals surface area contributed by atoms with Gasteiger partial charge in [-0.3, -0.25) is 0 Å².